The van der Waals surface area contributed by atoms with Crippen molar-refractivity contribution in [3.05, 3.63) is 47.8 Å². The Morgan fingerprint density at radius 1 is 1.03 bits per heavy atom. The standard InChI is InChI=1S/C24H27N5O4/c30-22-14-32-21-8-10-28(13-20(21)26-22)24(31)29-11-17(12-29)15-3-5-18(6-4-15)33-23-25-9-7-19(27-23)16-1-2-16/h3-7,9,16-17,20-21H,1-2,8,10-14H2,(H,26,30)/t20-,21?/m1/s1. The summed E-state index contributed by atoms with van der Waals surface area (Å²) in [6, 6.07) is 10.2. The molecule has 6 rings (SSSR count). The summed E-state index contributed by atoms with van der Waals surface area (Å²) in [4.78, 5) is 36.9. The van der Waals surface area contributed by atoms with E-state index in [2.05, 4.69) is 15.3 Å². The van der Waals surface area contributed by atoms with E-state index in [0.717, 1.165) is 12.1 Å². The number of ether oxygens (including phenoxy) is 2. The highest BCUT2D eigenvalue weighted by atomic mass is 16.5. The Hall–Kier alpha value is -3.20. The second-order valence-corrected chi connectivity index (χ2v) is 9.35. The largest absolute Gasteiger partial charge is 0.424 e. The molecular weight excluding hydrogens is 422 g/mol. The molecule has 3 aliphatic heterocycles. The third-order valence-electron chi connectivity index (χ3n) is 6.96. The molecule has 4 fully saturated rings. The summed E-state index contributed by atoms with van der Waals surface area (Å²) in [7, 11) is 0. The molecule has 1 aromatic carbocycles. The monoisotopic (exact) mass is 449 g/mol. The van der Waals surface area contributed by atoms with Crippen molar-refractivity contribution < 1.29 is 19.1 Å². The van der Waals surface area contributed by atoms with Crippen LogP contribution in [-0.4, -0.2) is 76.6 Å². The first-order chi connectivity index (χ1) is 16.1. The van der Waals surface area contributed by atoms with Gasteiger partial charge in [0.1, 0.15) is 12.4 Å². The van der Waals surface area contributed by atoms with Crippen molar-refractivity contribution in [2.75, 3.05) is 32.8 Å². The number of nitrogens with one attached hydrogen (secondary N) is 1. The number of likely N-dealkylation sites (tertiary alicyclic amines) is 2. The first kappa shape index (κ1) is 20.4. The van der Waals surface area contributed by atoms with Crippen LogP contribution >= 0.6 is 0 Å². The highest BCUT2D eigenvalue weighted by Crippen LogP contribution is 2.39. The molecule has 172 valence electrons. The summed E-state index contributed by atoms with van der Waals surface area (Å²) < 4.78 is 11.4. The molecule has 9 heteroatoms. The molecule has 4 aliphatic rings. The Balaban J connectivity index is 1.02. The van der Waals surface area contributed by atoms with Crippen LogP contribution in [0, 0.1) is 0 Å². The van der Waals surface area contributed by atoms with Crippen molar-refractivity contribution in [3.8, 4) is 11.8 Å². The fourth-order valence-electron chi connectivity index (χ4n) is 4.84. The minimum Gasteiger partial charge on any atom is -0.424 e. The number of carbonyl (C=O) groups excluding carboxylic acids is 2. The van der Waals surface area contributed by atoms with Crippen LogP contribution in [0.5, 0.6) is 11.8 Å². The lowest BCUT2D eigenvalue weighted by molar-refractivity contribution is -0.139. The number of urea groups is 1. The minimum atomic E-state index is -0.109. The van der Waals surface area contributed by atoms with Gasteiger partial charge in [-0.15, -0.1) is 0 Å². The fraction of sp³-hybridized carbons (Fsp3) is 0.500. The second kappa shape index (κ2) is 8.30. The molecule has 2 aromatic rings. The number of carbonyl (C=O) groups is 2. The maximum atomic E-state index is 12.9. The maximum absolute atomic E-state index is 12.9. The molecule has 2 atom stereocenters. The molecule has 1 unspecified atom stereocenters. The van der Waals surface area contributed by atoms with Crippen LogP contribution in [0.4, 0.5) is 4.79 Å². The average Bonchev–Trinajstić information content (AvgIpc) is 3.64. The SMILES string of the molecule is O=C1COC2CCN(C(=O)N3CC(c4ccc(Oc5nccc(C6CC6)n5)cc4)C3)C[C@H]2N1. The van der Waals surface area contributed by atoms with Gasteiger partial charge in [-0.2, -0.15) is 4.98 Å². The van der Waals surface area contributed by atoms with E-state index in [9.17, 15) is 9.59 Å². The lowest BCUT2D eigenvalue weighted by atomic mass is 9.91. The number of hydrogen-bond donors (Lipinski definition) is 1. The van der Waals surface area contributed by atoms with Crippen LogP contribution in [0.25, 0.3) is 0 Å². The summed E-state index contributed by atoms with van der Waals surface area (Å²) in [6.07, 6.45) is 4.90. The van der Waals surface area contributed by atoms with Crippen molar-refractivity contribution in [2.24, 2.45) is 0 Å². The number of amides is 3. The van der Waals surface area contributed by atoms with E-state index in [0.29, 0.717) is 49.8 Å². The molecule has 9 nitrogen and oxygen atoms in total. The van der Waals surface area contributed by atoms with E-state index in [1.807, 2.05) is 40.1 Å². The smallest absolute Gasteiger partial charge is 0.322 e. The lowest BCUT2D eigenvalue weighted by Gasteiger charge is -2.46. The predicted octanol–water partition coefficient (Wildman–Crippen LogP) is 2.25. The quantitative estimate of drug-likeness (QED) is 0.769. The number of nitrogens with zero attached hydrogens (tertiary/aromatic N) is 4. The van der Waals surface area contributed by atoms with Crippen LogP contribution in [0.15, 0.2) is 36.5 Å². The Bertz CT molecular complexity index is 1050. The number of fused-ring (bicyclic) bond motifs is 1. The molecule has 1 N–H and O–H groups in total. The molecule has 0 spiro atoms. The molecule has 1 aliphatic carbocycles. The molecular formula is C24H27N5O4. The first-order valence-electron chi connectivity index (χ1n) is 11.7. The van der Waals surface area contributed by atoms with Gasteiger partial charge in [0.15, 0.2) is 0 Å². The normalized spacial score (nSPS) is 25.2. The van der Waals surface area contributed by atoms with Gasteiger partial charge in [0.05, 0.1) is 17.8 Å². The molecule has 1 aromatic heterocycles. The van der Waals surface area contributed by atoms with Gasteiger partial charge in [-0.25, -0.2) is 9.78 Å². The van der Waals surface area contributed by atoms with E-state index < -0.39 is 0 Å². The van der Waals surface area contributed by atoms with Crippen molar-refractivity contribution in [2.45, 2.75) is 43.2 Å². The molecule has 4 heterocycles. The molecule has 0 bridgehead atoms. The number of rotatable bonds is 4. The average molecular weight is 450 g/mol. The number of benzene rings is 1. The van der Waals surface area contributed by atoms with Gasteiger partial charge in [0, 0.05) is 44.2 Å². The topological polar surface area (TPSA) is 96.9 Å². The van der Waals surface area contributed by atoms with Gasteiger partial charge in [0.2, 0.25) is 5.91 Å². The Morgan fingerprint density at radius 3 is 2.64 bits per heavy atom. The van der Waals surface area contributed by atoms with Crippen LogP contribution in [-0.2, 0) is 9.53 Å². The lowest BCUT2D eigenvalue weighted by Crippen LogP contribution is -2.63. The van der Waals surface area contributed by atoms with Crippen LogP contribution < -0.4 is 10.1 Å². The van der Waals surface area contributed by atoms with Crippen molar-refractivity contribution in [3.63, 3.8) is 0 Å². The zero-order chi connectivity index (χ0) is 22.4. The number of aromatic nitrogens is 2. The van der Waals surface area contributed by atoms with E-state index in [1.165, 1.54) is 18.4 Å². The van der Waals surface area contributed by atoms with Gasteiger partial charge in [-0.1, -0.05) is 12.1 Å². The Labute approximate surface area is 192 Å². The van der Waals surface area contributed by atoms with Crippen LogP contribution in [0.2, 0.25) is 0 Å². The summed E-state index contributed by atoms with van der Waals surface area (Å²) >= 11 is 0. The highest BCUT2D eigenvalue weighted by molar-refractivity contribution is 5.79. The van der Waals surface area contributed by atoms with E-state index in [1.54, 1.807) is 6.20 Å². The zero-order valence-corrected chi connectivity index (χ0v) is 18.4. The van der Waals surface area contributed by atoms with E-state index in [4.69, 9.17) is 9.47 Å². The van der Waals surface area contributed by atoms with Crippen LogP contribution in [0.3, 0.4) is 0 Å². The molecule has 33 heavy (non-hydrogen) atoms. The molecule has 3 amide bonds. The summed E-state index contributed by atoms with van der Waals surface area (Å²) in [6.45, 7) is 2.67. The summed E-state index contributed by atoms with van der Waals surface area (Å²) in [5.41, 5.74) is 2.24. The summed E-state index contributed by atoms with van der Waals surface area (Å²) in [5.74, 6) is 1.47. The van der Waals surface area contributed by atoms with Crippen molar-refractivity contribution in [1.82, 2.24) is 25.1 Å². The Morgan fingerprint density at radius 2 is 1.85 bits per heavy atom. The minimum absolute atomic E-state index is 0.0122. The number of hydrogen-bond acceptors (Lipinski definition) is 6. The third kappa shape index (κ3) is 4.25. The summed E-state index contributed by atoms with van der Waals surface area (Å²) in [5, 5.41) is 2.95. The van der Waals surface area contributed by atoms with Gasteiger partial charge in [-0.05, 0) is 43.0 Å². The van der Waals surface area contributed by atoms with Gasteiger partial charge < -0.3 is 24.6 Å². The highest BCUT2D eigenvalue weighted by Gasteiger charge is 2.40. The van der Waals surface area contributed by atoms with Gasteiger partial charge in [-0.3, -0.25) is 4.79 Å². The first-order valence-corrected chi connectivity index (χ1v) is 11.7. The predicted molar refractivity (Wildman–Crippen MR) is 118 cm³/mol. The second-order valence-electron chi connectivity index (χ2n) is 9.35. The number of morpholine rings is 1. The fourth-order valence-corrected chi connectivity index (χ4v) is 4.84. The van der Waals surface area contributed by atoms with E-state index >= 15 is 0 Å². The maximum Gasteiger partial charge on any atom is 0.322 e. The van der Waals surface area contributed by atoms with Crippen LogP contribution in [0.1, 0.15) is 42.4 Å². The molecule has 1 saturated carbocycles. The van der Waals surface area contributed by atoms with Gasteiger partial charge in [0.25, 0.3) is 0 Å². The molecule has 0 radical (unpaired) electrons. The van der Waals surface area contributed by atoms with Crippen molar-refractivity contribution in [1.29, 1.82) is 0 Å². The third-order valence-corrected chi connectivity index (χ3v) is 6.96. The number of piperidine rings is 1. The zero-order valence-electron chi connectivity index (χ0n) is 18.4. The van der Waals surface area contributed by atoms with Gasteiger partial charge >= 0.3 is 12.0 Å². The Kier molecular flexibility index (Phi) is 5.13. The van der Waals surface area contributed by atoms with Crippen molar-refractivity contribution >= 4 is 11.9 Å². The molecule has 3 saturated heterocycles. The van der Waals surface area contributed by atoms with E-state index in [-0.39, 0.29) is 30.7 Å².